The summed E-state index contributed by atoms with van der Waals surface area (Å²) in [5.74, 6) is 0.439. The first-order chi connectivity index (χ1) is 9.56. The van der Waals surface area contributed by atoms with Crippen LogP contribution in [0.1, 0.15) is 77.5 Å². The third-order valence-corrected chi connectivity index (χ3v) is 5.00. The summed E-state index contributed by atoms with van der Waals surface area (Å²) < 4.78 is 2.08. The van der Waals surface area contributed by atoms with E-state index in [4.69, 9.17) is 0 Å². The molecule has 0 amide bonds. The van der Waals surface area contributed by atoms with Gasteiger partial charge < -0.3 is 5.11 Å². The van der Waals surface area contributed by atoms with Gasteiger partial charge in [0, 0.05) is 12.6 Å². The van der Waals surface area contributed by atoms with Gasteiger partial charge in [-0.25, -0.2) is 0 Å². The monoisotopic (exact) mass is 278 g/mol. The lowest BCUT2D eigenvalue weighted by atomic mass is 9.76. The van der Waals surface area contributed by atoms with Crippen LogP contribution in [0.25, 0.3) is 0 Å². The van der Waals surface area contributed by atoms with Crippen LogP contribution in [0.4, 0.5) is 0 Å². The van der Waals surface area contributed by atoms with Crippen LogP contribution in [0.15, 0.2) is 12.3 Å². The van der Waals surface area contributed by atoms with Crippen LogP contribution in [0.2, 0.25) is 0 Å². The molecule has 0 spiro atoms. The van der Waals surface area contributed by atoms with E-state index in [9.17, 15) is 5.11 Å². The second-order valence-electron chi connectivity index (χ2n) is 6.63. The van der Waals surface area contributed by atoms with Crippen LogP contribution in [-0.2, 0) is 6.42 Å². The van der Waals surface area contributed by atoms with E-state index < -0.39 is 5.60 Å². The molecule has 3 nitrogen and oxygen atoms in total. The molecule has 1 N–H and O–H groups in total. The number of nitrogens with zero attached hydrogens (tertiary/aromatic N) is 2. The minimum absolute atomic E-state index is 0.439. The summed E-state index contributed by atoms with van der Waals surface area (Å²) in [5.41, 5.74) is 0.431. The van der Waals surface area contributed by atoms with Gasteiger partial charge in [-0.15, -0.1) is 0 Å². The van der Waals surface area contributed by atoms with E-state index in [1.54, 1.807) is 0 Å². The number of hydrogen-bond acceptors (Lipinski definition) is 2. The van der Waals surface area contributed by atoms with Crippen molar-refractivity contribution in [2.24, 2.45) is 5.92 Å². The molecule has 1 atom stereocenters. The molecule has 0 aromatic carbocycles. The lowest BCUT2D eigenvalue weighted by Crippen LogP contribution is -2.38. The van der Waals surface area contributed by atoms with Crippen molar-refractivity contribution in [1.29, 1.82) is 0 Å². The summed E-state index contributed by atoms with van der Waals surface area (Å²) in [4.78, 5) is 0. The summed E-state index contributed by atoms with van der Waals surface area (Å²) in [6.45, 7) is 6.40. The molecule has 0 bridgehead atoms. The maximum atomic E-state index is 10.8. The Morgan fingerprint density at radius 2 is 1.95 bits per heavy atom. The van der Waals surface area contributed by atoms with Gasteiger partial charge in [-0.05, 0) is 44.6 Å². The third kappa shape index (κ3) is 3.63. The highest BCUT2D eigenvalue weighted by atomic mass is 16.3. The summed E-state index contributed by atoms with van der Waals surface area (Å²) in [5, 5.41) is 15.5. The summed E-state index contributed by atoms with van der Waals surface area (Å²) in [6, 6.07) is 2.57. The van der Waals surface area contributed by atoms with Crippen molar-refractivity contribution in [3.8, 4) is 0 Å². The van der Waals surface area contributed by atoms with Gasteiger partial charge in [0.2, 0.25) is 0 Å². The molecule has 1 heterocycles. The van der Waals surface area contributed by atoms with Crippen molar-refractivity contribution < 1.29 is 5.11 Å². The highest BCUT2D eigenvalue weighted by Gasteiger charge is 2.33. The van der Waals surface area contributed by atoms with Crippen LogP contribution in [0.3, 0.4) is 0 Å². The Morgan fingerprint density at radius 3 is 2.55 bits per heavy atom. The molecule has 1 aromatic rings. The van der Waals surface area contributed by atoms with E-state index in [2.05, 4.69) is 35.9 Å². The number of rotatable bonds is 6. The van der Waals surface area contributed by atoms with Crippen molar-refractivity contribution in [1.82, 2.24) is 9.78 Å². The lowest BCUT2D eigenvalue weighted by Gasteiger charge is -2.35. The molecule has 1 unspecified atom stereocenters. The topological polar surface area (TPSA) is 38.0 Å². The van der Waals surface area contributed by atoms with Gasteiger partial charge in [0.05, 0.1) is 17.3 Å². The molecule has 1 aliphatic rings. The fourth-order valence-electron chi connectivity index (χ4n) is 3.57. The van der Waals surface area contributed by atoms with E-state index in [1.807, 2.05) is 6.92 Å². The van der Waals surface area contributed by atoms with E-state index in [0.29, 0.717) is 18.4 Å². The quantitative estimate of drug-likeness (QED) is 0.850. The average Bonchev–Trinajstić information content (AvgIpc) is 2.89. The van der Waals surface area contributed by atoms with Gasteiger partial charge in [0.1, 0.15) is 0 Å². The van der Waals surface area contributed by atoms with Gasteiger partial charge >= 0.3 is 0 Å². The Balaban J connectivity index is 2.01. The number of aliphatic hydroxyl groups is 1. The highest BCUT2D eigenvalue weighted by molar-refractivity contribution is 5.05. The zero-order chi connectivity index (χ0) is 14.6. The molecule has 0 radical (unpaired) electrons. The number of hydrogen-bond donors (Lipinski definition) is 1. The predicted octanol–water partition coefficient (Wildman–Crippen LogP) is 4.12. The second-order valence-corrected chi connectivity index (χ2v) is 6.63. The van der Waals surface area contributed by atoms with Gasteiger partial charge in [0.25, 0.3) is 0 Å². The van der Waals surface area contributed by atoms with Crippen molar-refractivity contribution in [3.63, 3.8) is 0 Å². The molecular weight excluding hydrogens is 248 g/mol. The average molecular weight is 278 g/mol. The Bertz CT molecular complexity index is 401. The van der Waals surface area contributed by atoms with Gasteiger partial charge in [-0.3, -0.25) is 4.68 Å². The molecule has 1 saturated carbocycles. The Kier molecular flexibility index (Phi) is 5.25. The van der Waals surface area contributed by atoms with Crippen LogP contribution < -0.4 is 0 Å². The minimum Gasteiger partial charge on any atom is -0.389 e. The standard InChI is InChI=1S/C17H30N2O/c1-4-16(5-2)19-12-11-15(18-19)13-17(3,20)14-9-7-6-8-10-14/h11-12,14,16,20H,4-10,13H2,1-3H3. The molecule has 2 rings (SSSR count). The first kappa shape index (κ1) is 15.6. The summed E-state index contributed by atoms with van der Waals surface area (Å²) >= 11 is 0. The molecule has 1 aromatic heterocycles. The van der Waals surface area contributed by atoms with Crippen LogP contribution in [-0.4, -0.2) is 20.5 Å². The molecule has 114 valence electrons. The molecular formula is C17H30N2O. The third-order valence-electron chi connectivity index (χ3n) is 5.00. The van der Waals surface area contributed by atoms with Crippen molar-refractivity contribution in [2.75, 3.05) is 0 Å². The normalized spacial score (nSPS) is 20.2. The van der Waals surface area contributed by atoms with Crippen LogP contribution in [0.5, 0.6) is 0 Å². The van der Waals surface area contributed by atoms with Crippen molar-refractivity contribution in [3.05, 3.63) is 18.0 Å². The van der Waals surface area contributed by atoms with E-state index >= 15 is 0 Å². The molecule has 20 heavy (non-hydrogen) atoms. The molecule has 1 fully saturated rings. The van der Waals surface area contributed by atoms with Crippen LogP contribution in [0, 0.1) is 5.92 Å². The highest BCUT2D eigenvalue weighted by Crippen LogP contribution is 2.34. The minimum atomic E-state index is -0.604. The first-order valence-corrected chi connectivity index (χ1v) is 8.33. The SMILES string of the molecule is CCC(CC)n1ccc(CC(C)(O)C2CCCCC2)n1. The smallest absolute Gasteiger partial charge is 0.0703 e. The zero-order valence-electron chi connectivity index (χ0n) is 13.3. The summed E-state index contributed by atoms with van der Waals surface area (Å²) in [6.07, 6.45) is 11.2. The molecule has 0 aliphatic heterocycles. The van der Waals surface area contributed by atoms with Gasteiger partial charge in [-0.2, -0.15) is 5.10 Å². The zero-order valence-corrected chi connectivity index (χ0v) is 13.3. The second kappa shape index (κ2) is 6.75. The van der Waals surface area contributed by atoms with Crippen molar-refractivity contribution >= 4 is 0 Å². The first-order valence-electron chi connectivity index (χ1n) is 8.33. The van der Waals surface area contributed by atoms with Gasteiger partial charge in [-0.1, -0.05) is 33.1 Å². The summed E-state index contributed by atoms with van der Waals surface area (Å²) in [7, 11) is 0. The fourth-order valence-corrected chi connectivity index (χ4v) is 3.57. The number of aromatic nitrogens is 2. The van der Waals surface area contributed by atoms with Crippen molar-refractivity contribution in [2.45, 2.75) is 83.8 Å². The predicted molar refractivity (Wildman–Crippen MR) is 82.7 cm³/mol. The van der Waals surface area contributed by atoms with Crippen LogP contribution >= 0.6 is 0 Å². The lowest BCUT2D eigenvalue weighted by molar-refractivity contribution is -0.0168. The fraction of sp³-hybridized carbons (Fsp3) is 0.824. The largest absolute Gasteiger partial charge is 0.389 e. The Labute approximate surface area is 123 Å². The maximum Gasteiger partial charge on any atom is 0.0703 e. The molecule has 0 saturated heterocycles. The van der Waals surface area contributed by atoms with E-state index in [-0.39, 0.29) is 0 Å². The van der Waals surface area contributed by atoms with Gasteiger partial charge in [0.15, 0.2) is 0 Å². The Hall–Kier alpha value is -0.830. The Morgan fingerprint density at radius 1 is 1.30 bits per heavy atom. The molecule has 1 aliphatic carbocycles. The maximum absolute atomic E-state index is 10.8. The molecule has 3 heteroatoms. The van der Waals surface area contributed by atoms with E-state index in [1.165, 1.54) is 32.1 Å². The van der Waals surface area contributed by atoms with E-state index in [0.717, 1.165) is 18.5 Å².